The van der Waals surface area contributed by atoms with Crippen molar-refractivity contribution < 1.29 is 97.2 Å². The summed E-state index contributed by atoms with van der Waals surface area (Å²) < 4.78 is 106. The first-order chi connectivity index (χ1) is 48.0. The molecular formula is C68H86ClF2MgN13O17P2. The smallest absolute Gasteiger partial charge is 1.00 e. The summed E-state index contributed by atoms with van der Waals surface area (Å²) in [5, 5.41) is 49.7. The van der Waals surface area contributed by atoms with Crippen LogP contribution in [-0.2, 0) is 42.2 Å². The number of hydrogen-bond donors (Lipinski definition) is 7. The van der Waals surface area contributed by atoms with Crippen LogP contribution in [0, 0.1) is 27.9 Å². The molecule has 6 heterocycles. The fraction of sp³-hybridized carbons (Fsp3) is 0.426. The molecule has 30 nitrogen and oxygen atoms in total. The minimum absolute atomic E-state index is 0. The number of anilines is 2. The molecule has 2 unspecified atom stereocenters. The SMILES string of the molecule is C[C@@]1(O)[C@H](F)[C@@H](CO)O[C@H]1n1cnc2c(N)ncnc21.C[C@H](NP(=O)(OC[C@H]1O[C@@H](n2cnc3c(N)ncnc32)[C@](C)(O)[C@@H]1F)Oc1cccc2ccccc12)C(=O)OCC(C)(C)C.C[C@H](NP(=O)(Oc1ccc([N+](=O)[O-])cc1)Oc1cccc2ccccc12)C(=O)OCC(C)(C)C.[CH2-]CCC.[Cl-].[Mg+2]. The number of carbonyl (C=O) groups excluding carboxylic acids is 2. The van der Waals surface area contributed by atoms with Crippen molar-refractivity contribution in [1.82, 2.24) is 49.2 Å². The Labute approximate surface area is 621 Å². The van der Waals surface area contributed by atoms with E-state index in [1.807, 2.05) is 90.1 Å². The molecule has 104 heavy (non-hydrogen) atoms. The molecule has 36 heteroatoms. The first-order valence-electron chi connectivity index (χ1n) is 32.3. The second-order valence-electron chi connectivity index (χ2n) is 26.8. The fourth-order valence-corrected chi connectivity index (χ4v) is 13.2. The summed E-state index contributed by atoms with van der Waals surface area (Å²) in [5.41, 5.74) is 8.13. The van der Waals surface area contributed by atoms with Crippen molar-refractivity contribution in [3.05, 3.63) is 152 Å². The minimum atomic E-state index is -4.40. The van der Waals surface area contributed by atoms with Gasteiger partial charge in [0.2, 0.25) is 0 Å². The van der Waals surface area contributed by atoms with Gasteiger partial charge in [-0.05, 0) is 73.6 Å². The molecule has 0 radical (unpaired) electrons. The average molecular weight is 1520 g/mol. The number of nitrogen functional groups attached to an aromatic ring is 2. The average Bonchev–Trinajstić information content (AvgIpc) is 1.60. The Balaban J connectivity index is 0.000000250. The maximum Gasteiger partial charge on any atom is 2.00 e. The second-order valence-corrected chi connectivity index (χ2v) is 30.1. The van der Waals surface area contributed by atoms with E-state index in [-0.39, 0.29) is 105 Å². The quantitative estimate of drug-likeness (QED) is 0.00848. The van der Waals surface area contributed by atoms with E-state index in [0.717, 1.165) is 17.2 Å². The van der Waals surface area contributed by atoms with Gasteiger partial charge in [0.05, 0.1) is 44.0 Å². The van der Waals surface area contributed by atoms with Gasteiger partial charge in [0.1, 0.15) is 76.4 Å². The maximum atomic E-state index is 15.7. The molecule has 9 N–H and O–H groups in total. The third-order valence-corrected chi connectivity index (χ3v) is 18.7. The molecular weight excluding hydrogens is 1430 g/mol. The Morgan fingerprint density at radius 2 is 1.08 bits per heavy atom. The van der Waals surface area contributed by atoms with E-state index in [2.05, 4.69) is 53.9 Å². The van der Waals surface area contributed by atoms with E-state index in [9.17, 15) is 43.4 Å². The third-order valence-electron chi connectivity index (χ3n) is 15.5. The van der Waals surface area contributed by atoms with E-state index < -0.39 is 106 Å². The summed E-state index contributed by atoms with van der Waals surface area (Å²) in [6.07, 6.45) is -1.18. The van der Waals surface area contributed by atoms with Gasteiger partial charge in [0.25, 0.3) is 5.69 Å². The molecule has 0 spiro atoms. The molecule has 0 amide bonds. The fourth-order valence-electron chi connectivity index (χ4n) is 10.1. The Bertz CT molecular complexity index is 4470. The van der Waals surface area contributed by atoms with Crippen molar-refractivity contribution in [2.45, 2.75) is 149 Å². The monoisotopic (exact) mass is 1520 g/mol. The number of hydrogen-bond acceptors (Lipinski definition) is 25. The number of aromatic nitrogens is 8. The van der Waals surface area contributed by atoms with Crippen LogP contribution in [-0.4, -0.2) is 169 Å². The number of ether oxygens (including phenoxy) is 4. The van der Waals surface area contributed by atoms with Crippen molar-refractivity contribution in [2.75, 3.05) is 37.9 Å². The molecule has 0 bridgehead atoms. The standard InChI is InChI=1S/C29H36FN6O7P.C24H27N2O7P.C11H14FN5O3.C4H9.ClH.Mg/c1-17(26(37)40-14-28(2,3)4)35-44(39,43-20-12-8-10-18-9-6-7-11-19(18)20)41-13-21-23(30)29(5,38)27(42-21)36-16-34-22-24(31)32-15-33-25(22)36;1-17(23(27)31-16-24(2,3)4)25-34(30,32-20-14-12-19(13-15-20)26(28)29)33-22-11-7-9-18-8-5-6-10-21(18)22;1-11(19)7(12)5(2-18)20-10(11)17-4-16-6-8(13)14-3-15-9(6)17;1-3-4-2;;/h6-12,15-17,21,23,27,38H,13-14H2,1-5H3,(H,35,39)(H2,31,32,33);5-15,17H,16H2,1-4H3,(H,25,30);3-5,7,10,18-19H,2H2,1H3,(H2,13,14,15);1,3-4H2,2H3;1H;/q;;;-1;;+2/p-1/t17-,21+,23+,27+,29+,44?;17-,34?;5-,7-,10-,11-;;;/m001.../s1. The number of rotatable bonds is 22. The van der Waals surface area contributed by atoms with Gasteiger partial charge < -0.3 is 78.6 Å². The summed E-state index contributed by atoms with van der Waals surface area (Å²) >= 11 is 0. The molecule has 2 aliphatic heterocycles. The number of benzene rings is 5. The van der Waals surface area contributed by atoms with Crippen molar-refractivity contribution in [2.24, 2.45) is 10.8 Å². The largest absolute Gasteiger partial charge is 2.00 e. The topological polar surface area (TPSA) is 409 Å². The number of nitrogens with zero attached hydrogens (tertiary/aromatic N) is 9. The van der Waals surface area contributed by atoms with Gasteiger partial charge in [-0.15, -0.1) is 0 Å². The number of esters is 2. The Morgan fingerprint density at radius 1 is 0.673 bits per heavy atom. The normalized spacial score (nSPS) is 21.7. The van der Waals surface area contributed by atoms with Crippen LogP contribution in [0.2, 0.25) is 0 Å². The number of nitrogens with one attached hydrogen (secondary N) is 2. The van der Waals surface area contributed by atoms with E-state index in [4.69, 9.17) is 53.6 Å². The zero-order valence-corrected chi connectivity index (χ0v) is 63.2. The number of imidazole rings is 2. The van der Waals surface area contributed by atoms with E-state index in [1.54, 1.807) is 36.4 Å². The van der Waals surface area contributed by atoms with Crippen molar-refractivity contribution in [3.8, 4) is 17.2 Å². The van der Waals surface area contributed by atoms with Gasteiger partial charge in [-0.2, -0.15) is 16.6 Å². The number of nitro groups is 1. The van der Waals surface area contributed by atoms with Crippen molar-refractivity contribution in [3.63, 3.8) is 0 Å². The number of fused-ring (bicyclic) bond motifs is 4. The Hall–Kier alpha value is -7.88. The maximum absolute atomic E-state index is 15.7. The van der Waals surface area contributed by atoms with Crippen LogP contribution in [0.15, 0.2) is 135 Å². The van der Waals surface area contributed by atoms with Crippen molar-refractivity contribution in [1.29, 1.82) is 0 Å². The number of nitrogens with two attached hydrogens (primary N) is 2. The van der Waals surface area contributed by atoms with Crippen LogP contribution in [0.3, 0.4) is 0 Å². The molecule has 4 aromatic heterocycles. The number of halogens is 3. The van der Waals surface area contributed by atoms with Crippen LogP contribution < -0.4 is 47.6 Å². The van der Waals surface area contributed by atoms with Crippen molar-refractivity contribution >= 4 is 112 Å². The summed E-state index contributed by atoms with van der Waals surface area (Å²) in [6.45, 7) is 21.9. The molecule has 5 aromatic carbocycles. The molecule has 558 valence electrons. The summed E-state index contributed by atoms with van der Waals surface area (Å²) in [5.74, 6) is -0.447. The number of unbranched alkanes of at least 4 members (excludes halogenated alkanes) is 1. The molecule has 0 aliphatic carbocycles. The first kappa shape index (κ1) is 85.0. The summed E-state index contributed by atoms with van der Waals surface area (Å²) in [4.78, 5) is 59.7. The molecule has 2 fully saturated rings. The third kappa shape index (κ3) is 21.2. The first-order valence-corrected chi connectivity index (χ1v) is 35.4. The number of nitro benzene ring substituents is 1. The minimum Gasteiger partial charge on any atom is -1.00 e. The predicted octanol–water partition coefficient (Wildman–Crippen LogP) is 7.83. The summed E-state index contributed by atoms with van der Waals surface area (Å²) in [7, 11) is -8.60. The Morgan fingerprint density at radius 3 is 1.49 bits per heavy atom. The van der Waals surface area contributed by atoms with Gasteiger partial charge in [-0.25, -0.2) is 47.8 Å². The zero-order valence-electron chi connectivity index (χ0n) is 59.2. The molecule has 11 rings (SSSR count). The van der Waals surface area contributed by atoms with Gasteiger partial charge in [0, 0.05) is 22.9 Å². The zero-order chi connectivity index (χ0) is 74.7. The summed E-state index contributed by atoms with van der Waals surface area (Å²) in [6, 6.07) is 28.0. The van der Waals surface area contributed by atoms with Crippen LogP contribution in [0.4, 0.5) is 26.1 Å². The number of alkyl halides is 2. The molecule has 9 aromatic rings. The number of aliphatic hydroxyl groups is 3. The van der Waals surface area contributed by atoms with Gasteiger partial charge in [-0.1, -0.05) is 128 Å². The van der Waals surface area contributed by atoms with E-state index in [0.29, 0.717) is 21.9 Å². The van der Waals surface area contributed by atoms with Gasteiger partial charge in [-0.3, -0.25) is 33.4 Å². The van der Waals surface area contributed by atoms with Crippen LogP contribution in [0.1, 0.15) is 101 Å². The van der Waals surface area contributed by atoms with Gasteiger partial charge in [0.15, 0.2) is 47.7 Å². The molecule has 12 atom stereocenters. The molecule has 0 saturated carbocycles. The second kappa shape index (κ2) is 35.9. The predicted molar refractivity (Wildman–Crippen MR) is 382 cm³/mol. The van der Waals surface area contributed by atoms with Crippen LogP contribution in [0.25, 0.3) is 43.9 Å². The molecule has 2 saturated heterocycles. The van der Waals surface area contributed by atoms with Crippen LogP contribution in [0.5, 0.6) is 17.2 Å². The van der Waals surface area contributed by atoms with E-state index >= 15 is 4.39 Å². The number of aliphatic hydroxyl groups excluding tert-OH is 1. The Kier molecular flexibility index (Phi) is 29.4. The number of carbonyl (C=O) groups is 2. The van der Waals surface area contributed by atoms with Crippen LogP contribution >= 0.6 is 15.5 Å². The van der Waals surface area contributed by atoms with E-state index in [1.165, 1.54) is 92.8 Å². The number of non-ortho nitro benzene ring substituents is 1. The van der Waals surface area contributed by atoms with Gasteiger partial charge >= 0.3 is 50.5 Å². The molecule has 2 aliphatic rings.